The molecule has 2 heterocycles. The fourth-order valence-corrected chi connectivity index (χ4v) is 4.88. The first-order valence-corrected chi connectivity index (χ1v) is 11.8. The van der Waals surface area contributed by atoms with Gasteiger partial charge < -0.3 is 20.9 Å². The number of halogens is 1. The number of likely N-dealkylation sites (tertiary alicyclic amines) is 1. The van der Waals surface area contributed by atoms with E-state index >= 15 is 0 Å². The molecule has 0 saturated carbocycles. The van der Waals surface area contributed by atoms with E-state index in [-0.39, 0.29) is 18.1 Å². The van der Waals surface area contributed by atoms with Crippen molar-refractivity contribution in [1.82, 2.24) is 15.2 Å². The summed E-state index contributed by atoms with van der Waals surface area (Å²) in [7, 11) is 0. The number of alkyl halides is 1. The van der Waals surface area contributed by atoms with E-state index in [1.807, 2.05) is 30.3 Å². The van der Waals surface area contributed by atoms with Crippen LogP contribution >= 0.6 is 0 Å². The second-order valence-electron chi connectivity index (χ2n) is 8.93. The van der Waals surface area contributed by atoms with Gasteiger partial charge in [0.1, 0.15) is 5.82 Å². The molecule has 176 valence electrons. The van der Waals surface area contributed by atoms with Gasteiger partial charge in [-0.1, -0.05) is 24.3 Å². The van der Waals surface area contributed by atoms with E-state index in [1.54, 1.807) is 0 Å². The standard InChI is InChI=1S/C26H28FN5O2/c27-16-25(33)32-13-11-19(12-14-32)28-26(34)29-20-7-9-22-18(15-20)6-10-24(30-22)31-23-8-5-17-3-1-2-4-21(17)23/h1-4,6-7,9-10,15,19,23H,5,8,11-14,16H2,(H,30,31)(H2,28,29,34)/t23-/m1/s1. The van der Waals surface area contributed by atoms with Gasteiger partial charge in [0, 0.05) is 30.2 Å². The third kappa shape index (κ3) is 4.81. The molecule has 1 fully saturated rings. The first kappa shape index (κ1) is 22.1. The normalized spacial score (nSPS) is 17.9. The van der Waals surface area contributed by atoms with Gasteiger partial charge in [-0.15, -0.1) is 0 Å². The first-order valence-electron chi connectivity index (χ1n) is 11.8. The summed E-state index contributed by atoms with van der Waals surface area (Å²) in [6.45, 7) is -0.0577. The SMILES string of the molecule is O=C(Nc1ccc2nc(N[C@@H]3CCc4ccccc43)ccc2c1)NC1CCN(C(=O)CF)CC1. The number of carbonyl (C=O) groups excluding carboxylic acids is 2. The molecule has 1 saturated heterocycles. The Balaban J connectivity index is 1.18. The lowest BCUT2D eigenvalue weighted by Crippen LogP contribution is -2.47. The van der Waals surface area contributed by atoms with Crippen molar-refractivity contribution in [3.05, 3.63) is 65.7 Å². The van der Waals surface area contributed by atoms with Crippen molar-refractivity contribution in [3.63, 3.8) is 0 Å². The summed E-state index contributed by atoms with van der Waals surface area (Å²) in [4.78, 5) is 30.1. The average Bonchev–Trinajstić information content (AvgIpc) is 3.27. The lowest BCUT2D eigenvalue weighted by molar-refractivity contribution is -0.133. The number of hydrogen-bond donors (Lipinski definition) is 3. The molecule has 3 N–H and O–H groups in total. The molecule has 3 aromatic rings. The van der Waals surface area contributed by atoms with E-state index < -0.39 is 12.6 Å². The van der Waals surface area contributed by atoms with Crippen LogP contribution in [-0.4, -0.2) is 47.6 Å². The Bertz CT molecular complexity index is 1210. The Kier molecular flexibility index (Phi) is 6.29. The number of pyridine rings is 1. The molecular weight excluding hydrogens is 433 g/mol. The second kappa shape index (κ2) is 9.67. The van der Waals surface area contributed by atoms with Crippen LogP contribution in [0.15, 0.2) is 54.6 Å². The molecular formula is C26H28FN5O2. The highest BCUT2D eigenvalue weighted by Gasteiger charge is 2.24. The summed E-state index contributed by atoms with van der Waals surface area (Å²) in [6, 6.07) is 18.1. The van der Waals surface area contributed by atoms with Crippen LogP contribution in [0.3, 0.4) is 0 Å². The van der Waals surface area contributed by atoms with E-state index in [0.29, 0.717) is 31.6 Å². The van der Waals surface area contributed by atoms with Crippen LogP contribution in [0.2, 0.25) is 0 Å². The number of aromatic nitrogens is 1. The molecule has 0 unspecified atom stereocenters. The summed E-state index contributed by atoms with van der Waals surface area (Å²) in [6.07, 6.45) is 3.36. The predicted molar refractivity (Wildman–Crippen MR) is 131 cm³/mol. The number of nitrogens with zero attached hydrogens (tertiary/aromatic N) is 2. The smallest absolute Gasteiger partial charge is 0.319 e. The number of aryl methyl sites for hydroxylation is 1. The number of rotatable bonds is 5. The Morgan fingerprint density at radius 3 is 2.68 bits per heavy atom. The van der Waals surface area contributed by atoms with Crippen molar-refractivity contribution in [3.8, 4) is 0 Å². The fraction of sp³-hybridized carbons (Fsp3) is 0.346. The predicted octanol–water partition coefficient (Wildman–Crippen LogP) is 4.42. The zero-order valence-electron chi connectivity index (χ0n) is 18.9. The van der Waals surface area contributed by atoms with E-state index in [4.69, 9.17) is 4.98 Å². The van der Waals surface area contributed by atoms with Crippen LogP contribution in [0.1, 0.15) is 36.4 Å². The van der Waals surface area contributed by atoms with Crippen LogP contribution in [0.4, 0.5) is 20.7 Å². The molecule has 0 spiro atoms. The topological polar surface area (TPSA) is 86.4 Å². The molecule has 8 heteroatoms. The summed E-state index contributed by atoms with van der Waals surface area (Å²) in [5.74, 6) is 0.351. The summed E-state index contributed by atoms with van der Waals surface area (Å²) < 4.78 is 12.5. The number of benzene rings is 2. The maximum atomic E-state index is 12.5. The van der Waals surface area contributed by atoms with Crippen LogP contribution in [0.25, 0.3) is 10.9 Å². The number of urea groups is 1. The molecule has 1 aliphatic carbocycles. The van der Waals surface area contributed by atoms with Crippen LogP contribution in [-0.2, 0) is 11.2 Å². The van der Waals surface area contributed by atoms with E-state index in [9.17, 15) is 14.0 Å². The molecule has 0 bridgehead atoms. The maximum Gasteiger partial charge on any atom is 0.319 e. The summed E-state index contributed by atoms with van der Waals surface area (Å²) in [5.41, 5.74) is 4.28. The van der Waals surface area contributed by atoms with Crippen molar-refractivity contribution < 1.29 is 14.0 Å². The molecule has 1 aliphatic heterocycles. The van der Waals surface area contributed by atoms with Gasteiger partial charge in [-0.05, 0) is 67.1 Å². The number of nitrogens with one attached hydrogen (secondary N) is 3. The van der Waals surface area contributed by atoms with Crippen molar-refractivity contribution in [1.29, 1.82) is 0 Å². The minimum Gasteiger partial charge on any atom is -0.363 e. The number of amides is 3. The molecule has 1 aromatic heterocycles. The Hall–Kier alpha value is -3.68. The highest BCUT2D eigenvalue weighted by molar-refractivity contribution is 5.93. The molecule has 2 aliphatic rings. The van der Waals surface area contributed by atoms with Gasteiger partial charge in [-0.2, -0.15) is 0 Å². The van der Waals surface area contributed by atoms with E-state index in [2.05, 4.69) is 40.2 Å². The highest BCUT2D eigenvalue weighted by Crippen LogP contribution is 2.33. The fourth-order valence-electron chi connectivity index (χ4n) is 4.88. The Morgan fingerprint density at radius 1 is 1.03 bits per heavy atom. The number of hydrogen-bond acceptors (Lipinski definition) is 4. The van der Waals surface area contributed by atoms with E-state index in [1.165, 1.54) is 16.0 Å². The van der Waals surface area contributed by atoms with Gasteiger partial charge in [0.05, 0.1) is 11.6 Å². The number of fused-ring (bicyclic) bond motifs is 2. The van der Waals surface area contributed by atoms with Crippen LogP contribution in [0.5, 0.6) is 0 Å². The lowest BCUT2D eigenvalue weighted by Gasteiger charge is -2.31. The van der Waals surface area contributed by atoms with Crippen molar-refractivity contribution in [2.24, 2.45) is 0 Å². The first-order chi connectivity index (χ1) is 16.6. The van der Waals surface area contributed by atoms with Crippen molar-refractivity contribution in [2.75, 3.05) is 30.4 Å². The molecule has 2 aromatic carbocycles. The molecule has 3 amide bonds. The lowest BCUT2D eigenvalue weighted by atomic mass is 10.1. The van der Waals surface area contributed by atoms with Crippen LogP contribution in [0, 0.1) is 0 Å². The van der Waals surface area contributed by atoms with Gasteiger partial charge in [0.2, 0.25) is 0 Å². The quantitative estimate of drug-likeness (QED) is 0.525. The largest absolute Gasteiger partial charge is 0.363 e. The zero-order chi connectivity index (χ0) is 23.5. The van der Waals surface area contributed by atoms with Gasteiger partial charge in [0.25, 0.3) is 5.91 Å². The average molecular weight is 462 g/mol. The molecule has 5 rings (SSSR count). The van der Waals surface area contributed by atoms with Crippen molar-refractivity contribution in [2.45, 2.75) is 37.8 Å². The minimum atomic E-state index is -0.971. The van der Waals surface area contributed by atoms with E-state index in [0.717, 1.165) is 29.6 Å². The van der Waals surface area contributed by atoms with Gasteiger partial charge in [-0.25, -0.2) is 14.2 Å². The monoisotopic (exact) mass is 461 g/mol. The second-order valence-corrected chi connectivity index (χ2v) is 8.93. The number of piperidine rings is 1. The summed E-state index contributed by atoms with van der Waals surface area (Å²) in [5, 5.41) is 10.3. The Morgan fingerprint density at radius 2 is 1.85 bits per heavy atom. The zero-order valence-corrected chi connectivity index (χ0v) is 18.9. The third-order valence-electron chi connectivity index (χ3n) is 6.70. The maximum absolute atomic E-state index is 12.5. The molecule has 0 radical (unpaired) electrons. The van der Waals surface area contributed by atoms with Gasteiger partial charge in [0.15, 0.2) is 6.67 Å². The number of carbonyl (C=O) groups is 2. The van der Waals surface area contributed by atoms with Crippen LogP contribution < -0.4 is 16.0 Å². The number of anilines is 2. The molecule has 34 heavy (non-hydrogen) atoms. The third-order valence-corrected chi connectivity index (χ3v) is 6.70. The summed E-state index contributed by atoms with van der Waals surface area (Å²) >= 11 is 0. The molecule has 7 nitrogen and oxygen atoms in total. The minimum absolute atomic E-state index is 0.0415. The molecule has 1 atom stereocenters. The Labute approximate surface area is 197 Å². The highest BCUT2D eigenvalue weighted by atomic mass is 19.1. The van der Waals surface area contributed by atoms with Crippen molar-refractivity contribution >= 4 is 34.3 Å². The van der Waals surface area contributed by atoms with Gasteiger partial charge >= 0.3 is 6.03 Å². The van der Waals surface area contributed by atoms with Gasteiger partial charge in [-0.3, -0.25) is 4.79 Å².